The molecule has 0 bridgehead atoms. The Kier molecular flexibility index (Phi) is 7.06. The van der Waals surface area contributed by atoms with Crippen molar-refractivity contribution in [3.63, 3.8) is 0 Å². The summed E-state index contributed by atoms with van der Waals surface area (Å²) in [5, 5.41) is 0. The second-order valence-corrected chi connectivity index (χ2v) is 3.88. The number of hydrogen-bond donors (Lipinski definition) is 1. The Morgan fingerprint density at radius 2 is 1.80 bits per heavy atom. The minimum Gasteiger partial charge on any atom is -0.330 e. The molecule has 0 aliphatic carbocycles. The molecule has 86 valence electrons. The summed E-state index contributed by atoms with van der Waals surface area (Å²) in [5.74, 6) is 0.608. The highest BCUT2D eigenvalue weighted by atomic mass is 14.5. The van der Waals surface area contributed by atoms with Crippen LogP contribution in [0, 0.1) is 6.92 Å². The molecule has 15 heavy (non-hydrogen) atoms. The van der Waals surface area contributed by atoms with E-state index in [1.807, 2.05) is 13.8 Å². The minimum atomic E-state index is 0.608. The Balaban J connectivity index is 0.000000921. The van der Waals surface area contributed by atoms with E-state index in [0.29, 0.717) is 5.92 Å². The van der Waals surface area contributed by atoms with Crippen LogP contribution in [0.25, 0.3) is 0 Å². The molecule has 1 aromatic rings. The van der Waals surface area contributed by atoms with E-state index in [1.54, 1.807) is 0 Å². The molecule has 1 nitrogen and oxygen atoms in total. The lowest BCUT2D eigenvalue weighted by atomic mass is 9.96. The second kappa shape index (κ2) is 7.47. The number of nitrogens with two attached hydrogens (primary N) is 1. The third kappa shape index (κ3) is 4.48. The molecule has 0 unspecified atom stereocenters. The van der Waals surface area contributed by atoms with Crippen LogP contribution in [0.4, 0.5) is 0 Å². The fraction of sp³-hybridized carbons (Fsp3) is 0.571. The van der Waals surface area contributed by atoms with Crippen molar-refractivity contribution in [1.82, 2.24) is 0 Å². The first-order valence-electron chi connectivity index (χ1n) is 5.94. The predicted octanol–water partition coefficient (Wildman–Crippen LogP) is 3.65. The number of hydrogen-bond acceptors (Lipinski definition) is 1. The average Bonchev–Trinajstić information content (AvgIpc) is 2.24. The van der Waals surface area contributed by atoms with Gasteiger partial charge in [-0.1, -0.05) is 45.9 Å². The van der Waals surface area contributed by atoms with Gasteiger partial charge in [-0.05, 0) is 42.5 Å². The molecule has 0 heterocycles. The summed E-state index contributed by atoms with van der Waals surface area (Å²) < 4.78 is 0. The standard InChI is InChI=1S/C12H19N.C2H6/c1-9(2)11-5-4-10(3)12(8-11)6-7-13;1-2/h4-5,8-9H,6-7,13H2,1-3H3;1-2H3. The van der Waals surface area contributed by atoms with Gasteiger partial charge in [-0.25, -0.2) is 0 Å². The zero-order chi connectivity index (χ0) is 11.8. The summed E-state index contributed by atoms with van der Waals surface area (Å²) in [6.07, 6.45) is 0.992. The van der Waals surface area contributed by atoms with Crippen LogP contribution < -0.4 is 5.73 Å². The number of rotatable bonds is 3. The van der Waals surface area contributed by atoms with Gasteiger partial charge < -0.3 is 5.73 Å². The molecule has 0 aliphatic heterocycles. The highest BCUT2D eigenvalue weighted by molar-refractivity contribution is 5.32. The highest BCUT2D eigenvalue weighted by Crippen LogP contribution is 2.18. The molecule has 2 N–H and O–H groups in total. The fourth-order valence-electron chi connectivity index (χ4n) is 1.48. The summed E-state index contributed by atoms with van der Waals surface area (Å²) >= 11 is 0. The van der Waals surface area contributed by atoms with Gasteiger partial charge in [-0.15, -0.1) is 0 Å². The summed E-state index contributed by atoms with van der Waals surface area (Å²) in [6.45, 7) is 11.3. The topological polar surface area (TPSA) is 26.0 Å². The van der Waals surface area contributed by atoms with E-state index in [2.05, 4.69) is 39.0 Å². The van der Waals surface area contributed by atoms with E-state index in [4.69, 9.17) is 5.73 Å². The Morgan fingerprint density at radius 3 is 2.27 bits per heavy atom. The largest absolute Gasteiger partial charge is 0.330 e. The van der Waals surface area contributed by atoms with E-state index in [0.717, 1.165) is 13.0 Å². The van der Waals surface area contributed by atoms with E-state index in [-0.39, 0.29) is 0 Å². The van der Waals surface area contributed by atoms with Crippen molar-refractivity contribution in [3.8, 4) is 0 Å². The molecular formula is C14H25N. The Morgan fingerprint density at radius 1 is 1.20 bits per heavy atom. The molecule has 1 heteroatoms. The zero-order valence-corrected chi connectivity index (χ0v) is 10.8. The van der Waals surface area contributed by atoms with Gasteiger partial charge in [0, 0.05) is 0 Å². The van der Waals surface area contributed by atoms with Crippen LogP contribution in [0.5, 0.6) is 0 Å². The van der Waals surface area contributed by atoms with Gasteiger partial charge in [-0.3, -0.25) is 0 Å². The first kappa shape index (κ1) is 14.2. The molecule has 1 aromatic carbocycles. The van der Waals surface area contributed by atoms with Crippen molar-refractivity contribution in [2.24, 2.45) is 5.73 Å². The lowest BCUT2D eigenvalue weighted by Crippen LogP contribution is -2.04. The SMILES string of the molecule is CC.Cc1ccc(C(C)C)cc1CCN. The smallest absolute Gasteiger partial charge is 0.00366 e. The van der Waals surface area contributed by atoms with Gasteiger partial charge in [0.15, 0.2) is 0 Å². The normalized spacial score (nSPS) is 9.80. The van der Waals surface area contributed by atoms with Crippen LogP contribution in [0.15, 0.2) is 18.2 Å². The number of aryl methyl sites for hydroxylation is 1. The zero-order valence-electron chi connectivity index (χ0n) is 10.8. The molecule has 0 fully saturated rings. The maximum absolute atomic E-state index is 5.56. The lowest BCUT2D eigenvalue weighted by Gasteiger charge is -2.10. The van der Waals surface area contributed by atoms with Crippen LogP contribution >= 0.6 is 0 Å². The van der Waals surface area contributed by atoms with Crippen molar-refractivity contribution >= 4 is 0 Å². The third-order valence-electron chi connectivity index (χ3n) is 2.45. The van der Waals surface area contributed by atoms with E-state index >= 15 is 0 Å². The second-order valence-electron chi connectivity index (χ2n) is 3.88. The van der Waals surface area contributed by atoms with Crippen LogP contribution in [0.3, 0.4) is 0 Å². The molecule has 0 amide bonds. The Labute approximate surface area is 94.7 Å². The molecule has 0 atom stereocenters. The molecule has 0 aromatic heterocycles. The summed E-state index contributed by atoms with van der Waals surface area (Å²) in [6, 6.07) is 6.69. The summed E-state index contributed by atoms with van der Waals surface area (Å²) in [7, 11) is 0. The van der Waals surface area contributed by atoms with Crippen LogP contribution in [0.1, 0.15) is 50.3 Å². The van der Waals surface area contributed by atoms with E-state index in [9.17, 15) is 0 Å². The fourth-order valence-corrected chi connectivity index (χ4v) is 1.48. The van der Waals surface area contributed by atoms with Gasteiger partial charge in [0.1, 0.15) is 0 Å². The Hall–Kier alpha value is -0.820. The Bertz CT molecular complexity index is 277. The van der Waals surface area contributed by atoms with Crippen molar-refractivity contribution in [1.29, 1.82) is 0 Å². The lowest BCUT2D eigenvalue weighted by molar-refractivity contribution is 0.856. The highest BCUT2D eigenvalue weighted by Gasteiger charge is 2.02. The predicted molar refractivity (Wildman–Crippen MR) is 69.4 cm³/mol. The van der Waals surface area contributed by atoms with Gasteiger partial charge in [0.2, 0.25) is 0 Å². The first-order chi connectivity index (χ1) is 7.15. The molecule has 0 saturated carbocycles. The van der Waals surface area contributed by atoms with Crippen molar-refractivity contribution < 1.29 is 0 Å². The molecule has 0 spiro atoms. The molecule has 0 saturated heterocycles. The van der Waals surface area contributed by atoms with Crippen molar-refractivity contribution in [2.75, 3.05) is 6.54 Å². The van der Waals surface area contributed by atoms with E-state index < -0.39 is 0 Å². The van der Waals surface area contributed by atoms with Gasteiger partial charge in [0.05, 0.1) is 0 Å². The maximum Gasteiger partial charge on any atom is -0.00366 e. The van der Waals surface area contributed by atoms with E-state index in [1.165, 1.54) is 16.7 Å². The van der Waals surface area contributed by atoms with Crippen molar-refractivity contribution in [3.05, 3.63) is 34.9 Å². The number of benzene rings is 1. The van der Waals surface area contributed by atoms with Crippen LogP contribution in [-0.4, -0.2) is 6.54 Å². The molecule has 1 rings (SSSR count). The first-order valence-corrected chi connectivity index (χ1v) is 5.94. The van der Waals surface area contributed by atoms with Gasteiger partial charge in [0.25, 0.3) is 0 Å². The average molecular weight is 207 g/mol. The quantitative estimate of drug-likeness (QED) is 0.804. The van der Waals surface area contributed by atoms with Gasteiger partial charge in [-0.2, -0.15) is 0 Å². The minimum absolute atomic E-state index is 0.608. The van der Waals surface area contributed by atoms with Crippen LogP contribution in [-0.2, 0) is 6.42 Å². The van der Waals surface area contributed by atoms with Crippen molar-refractivity contribution in [2.45, 2.75) is 47.0 Å². The summed E-state index contributed by atoms with van der Waals surface area (Å²) in [4.78, 5) is 0. The summed E-state index contributed by atoms with van der Waals surface area (Å²) in [5.41, 5.74) is 9.72. The molecule has 0 radical (unpaired) electrons. The van der Waals surface area contributed by atoms with Crippen LogP contribution in [0.2, 0.25) is 0 Å². The maximum atomic E-state index is 5.56. The molecule has 0 aliphatic rings. The third-order valence-corrected chi connectivity index (χ3v) is 2.45. The molecular weight excluding hydrogens is 182 g/mol. The monoisotopic (exact) mass is 207 g/mol. The van der Waals surface area contributed by atoms with Gasteiger partial charge >= 0.3 is 0 Å².